The molecule has 0 amide bonds. The first-order valence-electron chi connectivity index (χ1n) is 4.91. The Labute approximate surface area is 86.7 Å². The van der Waals surface area contributed by atoms with E-state index in [1.54, 1.807) is 14.0 Å². The number of aromatic nitrogens is 4. The summed E-state index contributed by atoms with van der Waals surface area (Å²) in [5.41, 5.74) is 0. The average Bonchev–Trinajstić information content (AvgIpc) is 2.98. The third-order valence-electron chi connectivity index (χ3n) is 2.53. The number of hydrogen-bond acceptors (Lipinski definition) is 5. The van der Waals surface area contributed by atoms with Crippen molar-refractivity contribution in [2.45, 2.75) is 19.8 Å². The molecule has 0 spiro atoms. The largest absolute Gasteiger partial charge is 0.299 e. The van der Waals surface area contributed by atoms with Gasteiger partial charge in [0.2, 0.25) is 11.6 Å². The molecular weight excluding hydrogens is 196 g/mol. The fraction of sp³-hybridized carbons (Fsp3) is 0.667. The van der Waals surface area contributed by atoms with Crippen LogP contribution in [0.4, 0.5) is 0 Å². The lowest BCUT2D eigenvalue weighted by Gasteiger charge is -2.04. The van der Waals surface area contributed by atoms with Crippen LogP contribution < -0.4 is 0 Å². The number of hydrogen-bond donors (Lipinski definition) is 0. The van der Waals surface area contributed by atoms with Crippen LogP contribution in [-0.4, -0.2) is 31.8 Å². The van der Waals surface area contributed by atoms with Crippen molar-refractivity contribution >= 4 is 11.6 Å². The van der Waals surface area contributed by atoms with E-state index in [4.69, 9.17) is 0 Å². The molecule has 1 aliphatic rings. The summed E-state index contributed by atoms with van der Waals surface area (Å²) >= 11 is 0. The fourth-order valence-corrected chi connectivity index (χ4v) is 1.43. The van der Waals surface area contributed by atoms with Gasteiger partial charge in [0, 0.05) is 5.92 Å². The van der Waals surface area contributed by atoms with Gasteiger partial charge in [-0.1, -0.05) is 0 Å². The van der Waals surface area contributed by atoms with E-state index < -0.39 is 5.92 Å². The van der Waals surface area contributed by atoms with Crippen LogP contribution in [0.3, 0.4) is 0 Å². The van der Waals surface area contributed by atoms with Gasteiger partial charge >= 0.3 is 0 Å². The Kier molecular flexibility index (Phi) is 2.34. The molecule has 0 saturated heterocycles. The van der Waals surface area contributed by atoms with E-state index >= 15 is 0 Å². The van der Waals surface area contributed by atoms with E-state index in [0.29, 0.717) is 0 Å². The molecule has 1 heterocycles. The van der Waals surface area contributed by atoms with E-state index in [9.17, 15) is 9.59 Å². The molecule has 15 heavy (non-hydrogen) atoms. The highest BCUT2D eigenvalue weighted by molar-refractivity contribution is 6.09. The first-order chi connectivity index (χ1) is 7.09. The van der Waals surface area contributed by atoms with Crippen LogP contribution in [0.25, 0.3) is 0 Å². The summed E-state index contributed by atoms with van der Waals surface area (Å²) in [5, 5.41) is 10.9. The molecule has 0 bridgehead atoms. The molecule has 0 aliphatic heterocycles. The number of aryl methyl sites for hydroxylation is 1. The highest BCUT2D eigenvalue weighted by Crippen LogP contribution is 2.32. The van der Waals surface area contributed by atoms with Crippen molar-refractivity contribution in [3.63, 3.8) is 0 Å². The SMILES string of the molecule is CC(C(=O)c1nnn(C)n1)C(=O)C1CC1. The third-order valence-corrected chi connectivity index (χ3v) is 2.53. The van der Waals surface area contributed by atoms with Crippen molar-refractivity contribution < 1.29 is 9.59 Å². The number of Topliss-reactive ketones (excluding diaryl/α,β-unsaturated/α-hetero) is 2. The molecule has 1 aromatic heterocycles. The minimum absolute atomic E-state index is 0.00690. The minimum atomic E-state index is -0.637. The van der Waals surface area contributed by atoms with Gasteiger partial charge in [-0.05, 0) is 25.0 Å². The van der Waals surface area contributed by atoms with Gasteiger partial charge in [-0.25, -0.2) is 0 Å². The second-order valence-electron chi connectivity index (χ2n) is 3.87. The van der Waals surface area contributed by atoms with Gasteiger partial charge in [0.05, 0.1) is 13.0 Å². The predicted molar refractivity (Wildman–Crippen MR) is 50.0 cm³/mol. The highest BCUT2D eigenvalue weighted by atomic mass is 16.2. The number of carbonyl (C=O) groups excluding carboxylic acids is 2. The van der Waals surface area contributed by atoms with Crippen molar-refractivity contribution in [2.75, 3.05) is 0 Å². The summed E-state index contributed by atoms with van der Waals surface area (Å²) in [6.07, 6.45) is 1.81. The average molecular weight is 208 g/mol. The van der Waals surface area contributed by atoms with Gasteiger partial charge in [-0.2, -0.15) is 4.80 Å². The normalized spacial score (nSPS) is 17.5. The lowest BCUT2D eigenvalue weighted by molar-refractivity contribution is -0.122. The first kappa shape index (κ1) is 9.95. The minimum Gasteiger partial charge on any atom is -0.299 e. The molecule has 0 aromatic carbocycles. The molecule has 80 valence electrons. The van der Waals surface area contributed by atoms with Gasteiger partial charge in [0.25, 0.3) is 0 Å². The highest BCUT2D eigenvalue weighted by Gasteiger charge is 2.37. The van der Waals surface area contributed by atoms with Gasteiger partial charge in [-0.15, -0.1) is 10.2 Å². The number of rotatable bonds is 4. The molecule has 6 heteroatoms. The number of ketones is 2. The number of carbonyl (C=O) groups is 2. The molecule has 6 nitrogen and oxygen atoms in total. The molecule has 1 atom stereocenters. The summed E-state index contributed by atoms with van der Waals surface area (Å²) in [4.78, 5) is 24.6. The van der Waals surface area contributed by atoms with E-state index in [1.807, 2.05) is 0 Å². The van der Waals surface area contributed by atoms with E-state index in [2.05, 4.69) is 15.4 Å². The zero-order valence-corrected chi connectivity index (χ0v) is 8.67. The molecule has 1 saturated carbocycles. The van der Waals surface area contributed by atoms with Crippen LogP contribution >= 0.6 is 0 Å². The Hall–Kier alpha value is -1.59. The smallest absolute Gasteiger partial charge is 0.241 e. The molecule has 2 rings (SSSR count). The monoisotopic (exact) mass is 208 g/mol. The maximum Gasteiger partial charge on any atom is 0.241 e. The Morgan fingerprint density at radius 3 is 2.60 bits per heavy atom. The molecular formula is C9H12N4O2. The molecule has 1 fully saturated rings. The Morgan fingerprint density at radius 2 is 2.13 bits per heavy atom. The lowest BCUT2D eigenvalue weighted by atomic mass is 9.97. The van der Waals surface area contributed by atoms with E-state index in [-0.39, 0.29) is 23.3 Å². The van der Waals surface area contributed by atoms with E-state index in [1.165, 1.54) is 4.80 Å². The Morgan fingerprint density at radius 1 is 1.47 bits per heavy atom. The van der Waals surface area contributed by atoms with Crippen molar-refractivity contribution in [1.29, 1.82) is 0 Å². The third kappa shape index (κ3) is 1.93. The predicted octanol–water partition coefficient (Wildman–Crippen LogP) is 0.00800. The van der Waals surface area contributed by atoms with Crippen LogP contribution in [0.2, 0.25) is 0 Å². The van der Waals surface area contributed by atoms with Crippen LogP contribution in [0, 0.1) is 11.8 Å². The molecule has 1 unspecified atom stereocenters. The maximum atomic E-state index is 11.7. The topological polar surface area (TPSA) is 77.7 Å². The van der Waals surface area contributed by atoms with Crippen LogP contribution in [0.1, 0.15) is 30.4 Å². The van der Waals surface area contributed by atoms with E-state index in [0.717, 1.165) is 12.8 Å². The first-order valence-corrected chi connectivity index (χ1v) is 4.91. The Bertz CT molecular complexity index is 408. The second-order valence-corrected chi connectivity index (χ2v) is 3.87. The van der Waals surface area contributed by atoms with Gasteiger partial charge in [0.1, 0.15) is 5.78 Å². The molecule has 0 N–H and O–H groups in total. The summed E-state index contributed by atoms with van der Waals surface area (Å²) in [6, 6.07) is 0. The molecule has 1 aliphatic carbocycles. The number of tetrazole rings is 1. The van der Waals surface area contributed by atoms with Crippen LogP contribution in [-0.2, 0) is 11.8 Å². The standard InChI is InChI=1S/C9H12N4O2/c1-5(7(14)6-3-4-6)8(15)9-10-12-13(2)11-9/h5-6H,3-4H2,1-2H3. The molecule has 0 radical (unpaired) electrons. The van der Waals surface area contributed by atoms with Crippen molar-refractivity contribution in [2.24, 2.45) is 18.9 Å². The fourth-order valence-electron chi connectivity index (χ4n) is 1.43. The van der Waals surface area contributed by atoms with Crippen molar-refractivity contribution in [3.05, 3.63) is 5.82 Å². The van der Waals surface area contributed by atoms with Crippen molar-refractivity contribution in [3.8, 4) is 0 Å². The summed E-state index contributed by atoms with van der Waals surface area (Å²) in [5.74, 6) is -0.853. The molecule has 1 aromatic rings. The van der Waals surface area contributed by atoms with Gasteiger partial charge in [-0.3, -0.25) is 9.59 Å². The summed E-state index contributed by atoms with van der Waals surface area (Å²) in [7, 11) is 1.58. The Balaban J connectivity index is 2.09. The van der Waals surface area contributed by atoms with Gasteiger partial charge in [0.15, 0.2) is 0 Å². The second kappa shape index (κ2) is 3.52. The lowest BCUT2D eigenvalue weighted by Crippen LogP contribution is -2.23. The quantitative estimate of drug-likeness (QED) is 0.514. The maximum absolute atomic E-state index is 11.7. The zero-order valence-electron chi connectivity index (χ0n) is 8.67. The van der Waals surface area contributed by atoms with Crippen LogP contribution in [0.15, 0.2) is 0 Å². The van der Waals surface area contributed by atoms with Crippen LogP contribution in [0.5, 0.6) is 0 Å². The number of nitrogens with zero attached hydrogens (tertiary/aromatic N) is 4. The zero-order chi connectivity index (χ0) is 11.0. The summed E-state index contributed by atoms with van der Waals surface area (Å²) in [6.45, 7) is 1.61. The van der Waals surface area contributed by atoms with Gasteiger partial charge < -0.3 is 0 Å². The van der Waals surface area contributed by atoms with Crippen molar-refractivity contribution in [1.82, 2.24) is 20.2 Å². The summed E-state index contributed by atoms with van der Waals surface area (Å²) < 4.78 is 0.